The third-order valence-electron chi connectivity index (χ3n) is 3.54. The zero-order valence-corrected chi connectivity index (χ0v) is 12.6. The molecule has 6 heteroatoms. The van der Waals surface area contributed by atoms with E-state index in [2.05, 4.69) is 10.3 Å². The number of amides is 1. The number of fused-ring (bicyclic) bond motifs is 2. The van der Waals surface area contributed by atoms with E-state index < -0.39 is 0 Å². The number of hydrogen-bond acceptors (Lipinski definition) is 3. The number of aromatic nitrogens is 2. The van der Waals surface area contributed by atoms with Crippen LogP contribution >= 0.6 is 22.9 Å². The highest BCUT2D eigenvalue weighted by atomic mass is 35.5. The number of halogens is 1. The van der Waals surface area contributed by atoms with Crippen LogP contribution in [0.3, 0.4) is 0 Å². The van der Waals surface area contributed by atoms with Crippen molar-refractivity contribution in [1.29, 1.82) is 0 Å². The number of thiazole rings is 1. The van der Waals surface area contributed by atoms with Gasteiger partial charge < -0.3 is 5.32 Å². The fourth-order valence-electron chi connectivity index (χ4n) is 2.56. The highest BCUT2D eigenvalue weighted by molar-refractivity contribution is 7.15. The Labute approximate surface area is 129 Å². The molecule has 2 aromatic heterocycles. The van der Waals surface area contributed by atoms with E-state index in [0.29, 0.717) is 10.6 Å². The Kier molecular flexibility index (Phi) is 2.67. The molecule has 0 aliphatic carbocycles. The molecule has 1 N–H and O–H groups in total. The van der Waals surface area contributed by atoms with Crippen LogP contribution in [-0.2, 0) is 4.79 Å². The van der Waals surface area contributed by atoms with Crippen molar-refractivity contribution in [3.05, 3.63) is 51.7 Å². The third-order valence-corrected chi connectivity index (χ3v) is 4.61. The summed E-state index contributed by atoms with van der Waals surface area (Å²) in [5.41, 5.74) is 3.88. The molecule has 3 heterocycles. The van der Waals surface area contributed by atoms with Crippen LogP contribution in [0.1, 0.15) is 17.0 Å². The van der Waals surface area contributed by atoms with Crippen LogP contribution in [0.15, 0.2) is 29.8 Å². The molecule has 0 unspecified atom stereocenters. The van der Waals surface area contributed by atoms with Gasteiger partial charge in [0.1, 0.15) is 0 Å². The van der Waals surface area contributed by atoms with E-state index in [1.807, 2.05) is 41.1 Å². The predicted octanol–water partition coefficient (Wildman–Crippen LogP) is 3.85. The molecule has 0 saturated heterocycles. The van der Waals surface area contributed by atoms with Gasteiger partial charge in [-0.2, -0.15) is 0 Å². The number of anilines is 1. The van der Waals surface area contributed by atoms with Crippen molar-refractivity contribution in [2.75, 3.05) is 5.32 Å². The van der Waals surface area contributed by atoms with Gasteiger partial charge in [-0.05, 0) is 25.1 Å². The summed E-state index contributed by atoms with van der Waals surface area (Å²) >= 11 is 7.82. The van der Waals surface area contributed by atoms with Gasteiger partial charge in [-0.1, -0.05) is 17.7 Å². The molecular formula is C15H10ClN3OS. The lowest BCUT2D eigenvalue weighted by molar-refractivity contribution is -0.110. The maximum Gasteiger partial charge on any atom is 0.256 e. The van der Waals surface area contributed by atoms with Gasteiger partial charge in [-0.15, -0.1) is 11.3 Å². The van der Waals surface area contributed by atoms with Gasteiger partial charge in [0.25, 0.3) is 5.91 Å². The van der Waals surface area contributed by atoms with Crippen molar-refractivity contribution in [3.63, 3.8) is 0 Å². The Morgan fingerprint density at radius 3 is 3.14 bits per heavy atom. The highest BCUT2D eigenvalue weighted by Crippen LogP contribution is 2.38. The third kappa shape index (κ3) is 1.81. The average molecular weight is 316 g/mol. The molecule has 4 rings (SSSR count). The van der Waals surface area contributed by atoms with Gasteiger partial charge >= 0.3 is 0 Å². The topological polar surface area (TPSA) is 46.4 Å². The summed E-state index contributed by atoms with van der Waals surface area (Å²) in [5.74, 6) is -0.136. The Morgan fingerprint density at radius 2 is 2.29 bits per heavy atom. The quantitative estimate of drug-likeness (QED) is 0.693. The molecule has 0 bridgehead atoms. The molecule has 1 aliphatic rings. The zero-order valence-electron chi connectivity index (χ0n) is 11.1. The van der Waals surface area contributed by atoms with Gasteiger partial charge in [0.2, 0.25) is 0 Å². The second-order valence-electron chi connectivity index (χ2n) is 4.81. The van der Waals surface area contributed by atoms with Crippen molar-refractivity contribution >= 4 is 51.1 Å². The molecule has 0 fully saturated rings. The van der Waals surface area contributed by atoms with Crippen molar-refractivity contribution in [2.45, 2.75) is 6.92 Å². The Morgan fingerprint density at radius 1 is 1.43 bits per heavy atom. The lowest BCUT2D eigenvalue weighted by atomic mass is 10.1. The number of imidazole rings is 1. The number of nitrogens with one attached hydrogen (secondary N) is 1. The smallest absolute Gasteiger partial charge is 0.256 e. The van der Waals surface area contributed by atoms with Gasteiger partial charge in [0.15, 0.2) is 4.96 Å². The first-order chi connectivity index (χ1) is 10.1. The summed E-state index contributed by atoms with van der Waals surface area (Å²) < 4.78 is 1.98. The van der Waals surface area contributed by atoms with Crippen LogP contribution in [0.25, 0.3) is 16.6 Å². The molecule has 0 atom stereocenters. The summed E-state index contributed by atoms with van der Waals surface area (Å²) in [4.78, 5) is 17.6. The van der Waals surface area contributed by atoms with Crippen molar-refractivity contribution < 1.29 is 4.79 Å². The van der Waals surface area contributed by atoms with Crippen LogP contribution in [0.5, 0.6) is 0 Å². The normalized spacial score (nSPS) is 15.7. The SMILES string of the molecule is Cc1nc2sccn2c1C=C1C(=O)Nc2cccc(Cl)c21. The molecule has 21 heavy (non-hydrogen) atoms. The number of hydrogen-bond donors (Lipinski definition) is 1. The standard InChI is InChI=1S/C15H10ClN3OS/c1-8-12(19-5-6-21-15(19)17-8)7-9-13-10(16)3-2-4-11(13)18-14(9)20/h2-7H,1H3,(H,18,20). The Bertz CT molecular complexity index is 922. The lowest BCUT2D eigenvalue weighted by Gasteiger charge is -2.01. The number of nitrogens with zero attached hydrogens (tertiary/aromatic N) is 2. The minimum Gasteiger partial charge on any atom is -0.321 e. The molecule has 104 valence electrons. The van der Waals surface area contributed by atoms with E-state index >= 15 is 0 Å². The van der Waals surface area contributed by atoms with Crippen LogP contribution in [0, 0.1) is 6.92 Å². The lowest BCUT2D eigenvalue weighted by Crippen LogP contribution is -2.04. The number of aryl methyl sites for hydroxylation is 1. The summed E-state index contributed by atoms with van der Waals surface area (Å²) in [7, 11) is 0. The van der Waals surface area contributed by atoms with E-state index in [9.17, 15) is 4.79 Å². The summed E-state index contributed by atoms with van der Waals surface area (Å²) in [6.07, 6.45) is 3.81. The number of carbonyl (C=O) groups is 1. The van der Waals surface area contributed by atoms with Crippen LogP contribution < -0.4 is 5.32 Å². The minimum absolute atomic E-state index is 0.136. The van der Waals surface area contributed by atoms with E-state index in [0.717, 1.165) is 27.6 Å². The first kappa shape index (κ1) is 12.6. The maximum atomic E-state index is 12.2. The van der Waals surface area contributed by atoms with E-state index in [-0.39, 0.29) is 5.91 Å². The maximum absolute atomic E-state index is 12.2. The summed E-state index contributed by atoms with van der Waals surface area (Å²) in [6.45, 7) is 1.94. The van der Waals surface area contributed by atoms with Gasteiger partial charge in [0.05, 0.1) is 27.7 Å². The number of rotatable bonds is 1. The van der Waals surface area contributed by atoms with Crippen LogP contribution in [-0.4, -0.2) is 15.3 Å². The Hall–Kier alpha value is -2.11. The molecule has 0 saturated carbocycles. The predicted molar refractivity (Wildman–Crippen MR) is 85.8 cm³/mol. The molecule has 1 aliphatic heterocycles. The first-order valence-corrected chi connectivity index (χ1v) is 7.65. The first-order valence-electron chi connectivity index (χ1n) is 6.39. The van der Waals surface area contributed by atoms with Gasteiger partial charge in [0, 0.05) is 17.1 Å². The Balaban J connectivity index is 1.97. The van der Waals surface area contributed by atoms with E-state index in [4.69, 9.17) is 11.6 Å². The molecule has 0 radical (unpaired) electrons. The second-order valence-corrected chi connectivity index (χ2v) is 6.09. The summed E-state index contributed by atoms with van der Waals surface area (Å²) in [6, 6.07) is 5.47. The molecular weight excluding hydrogens is 306 g/mol. The fraction of sp³-hybridized carbons (Fsp3) is 0.0667. The monoisotopic (exact) mass is 315 g/mol. The van der Waals surface area contributed by atoms with Crippen molar-refractivity contribution in [1.82, 2.24) is 9.38 Å². The largest absolute Gasteiger partial charge is 0.321 e. The van der Waals surface area contributed by atoms with Crippen molar-refractivity contribution in [2.24, 2.45) is 0 Å². The highest BCUT2D eigenvalue weighted by Gasteiger charge is 2.27. The van der Waals surface area contributed by atoms with Gasteiger partial charge in [-0.25, -0.2) is 4.98 Å². The molecule has 4 nitrogen and oxygen atoms in total. The van der Waals surface area contributed by atoms with Gasteiger partial charge in [-0.3, -0.25) is 9.20 Å². The molecule has 3 aromatic rings. The minimum atomic E-state index is -0.136. The van der Waals surface area contributed by atoms with E-state index in [1.165, 1.54) is 0 Å². The molecule has 0 spiro atoms. The van der Waals surface area contributed by atoms with Crippen LogP contribution in [0.2, 0.25) is 5.02 Å². The van der Waals surface area contributed by atoms with E-state index in [1.54, 1.807) is 17.4 Å². The fourth-order valence-corrected chi connectivity index (χ4v) is 3.61. The van der Waals surface area contributed by atoms with Crippen LogP contribution in [0.4, 0.5) is 5.69 Å². The molecule has 1 amide bonds. The average Bonchev–Trinajstić information content (AvgIpc) is 3.07. The number of benzene rings is 1. The molecule has 1 aromatic carbocycles. The second kappa shape index (κ2) is 4.44. The number of carbonyl (C=O) groups excluding carboxylic acids is 1. The summed E-state index contributed by atoms with van der Waals surface area (Å²) in [5, 5.41) is 5.39. The van der Waals surface area contributed by atoms with Crippen molar-refractivity contribution in [3.8, 4) is 0 Å². The zero-order chi connectivity index (χ0) is 14.6.